The van der Waals surface area contributed by atoms with Crippen LogP contribution in [0, 0.1) is 0 Å². The Morgan fingerprint density at radius 2 is 1.67 bits per heavy atom. The van der Waals surface area contributed by atoms with Crippen LogP contribution in [0.4, 0.5) is 11.4 Å². The summed E-state index contributed by atoms with van der Waals surface area (Å²) >= 11 is 1.61. The molecule has 8 heteroatoms. The van der Waals surface area contributed by atoms with Gasteiger partial charge < -0.3 is 10.1 Å². The SMILES string of the molecule is COc1ccc(N(C)S(=O)(=O)c2cccc(C(=O)Nc3ccc(SC)cc3)c2)cc1. The largest absolute Gasteiger partial charge is 0.497 e. The van der Waals surface area contributed by atoms with Gasteiger partial charge in [-0.05, 0) is 73.0 Å². The molecule has 156 valence electrons. The third kappa shape index (κ3) is 4.77. The molecule has 0 radical (unpaired) electrons. The normalized spacial score (nSPS) is 11.0. The van der Waals surface area contributed by atoms with Gasteiger partial charge in [-0.15, -0.1) is 11.8 Å². The number of thioether (sulfide) groups is 1. The highest BCUT2D eigenvalue weighted by molar-refractivity contribution is 7.98. The number of hydrogen-bond donors (Lipinski definition) is 1. The Morgan fingerprint density at radius 3 is 2.27 bits per heavy atom. The van der Waals surface area contributed by atoms with Gasteiger partial charge in [-0.3, -0.25) is 9.10 Å². The summed E-state index contributed by atoms with van der Waals surface area (Å²) in [6.45, 7) is 0. The summed E-state index contributed by atoms with van der Waals surface area (Å²) in [5.74, 6) is 0.254. The molecule has 0 aliphatic carbocycles. The Bertz CT molecular complexity index is 1130. The lowest BCUT2D eigenvalue weighted by atomic mass is 10.2. The zero-order valence-corrected chi connectivity index (χ0v) is 18.5. The van der Waals surface area contributed by atoms with Gasteiger partial charge in [0.05, 0.1) is 17.7 Å². The fraction of sp³-hybridized carbons (Fsp3) is 0.136. The smallest absolute Gasteiger partial charge is 0.264 e. The van der Waals surface area contributed by atoms with Crippen LogP contribution in [-0.2, 0) is 10.0 Å². The van der Waals surface area contributed by atoms with Crippen LogP contribution in [-0.4, -0.2) is 34.7 Å². The van der Waals surface area contributed by atoms with Gasteiger partial charge in [0.25, 0.3) is 15.9 Å². The Hall–Kier alpha value is -2.97. The molecule has 3 rings (SSSR count). The second-order valence-electron chi connectivity index (χ2n) is 6.38. The van der Waals surface area contributed by atoms with Gasteiger partial charge in [0.15, 0.2) is 0 Å². The first-order valence-electron chi connectivity index (χ1n) is 9.03. The van der Waals surface area contributed by atoms with Crippen molar-refractivity contribution in [1.82, 2.24) is 0 Å². The number of rotatable bonds is 7. The highest BCUT2D eigenvalue weighted by atomic mass is 32.2. The van der Waals surface area contributed by atoms with Crippen molar-refractivity contribution in [2.24, 2.45) is 0 Å². The molecule has 0 heterocycles. The zero-order valence-electron chi connectivity index (χ0n) is 16.8. The summed E-state index contributed by atoms with van der Waals surface area (Å²) in [5, 5.41) is 2.79. The number of nitrogens with zero attached hydrogens (tertiary/aromatic N) is 1. The molecule has 0 fully saturated rings. The van der Waals surface area contributed by atoms with E-state index in [-0.39, 0.29) is 16.4 Å². The number of methoxy groups -OCH3 is 1. The molecular weight excluding hydrogens is 420 g/mol. The lowest BCUT2D eigenvalue weighted by Crippen LogP contribution is -2.26. The van der Waals surface area contributed by atoms with Crippen molar-refractivity contribution in [2.45, 2.75) is 9.79 Å². The molecule has 1 N–H and O–H groups in total. The van der Waals surface area contributed by atoms with Gasteiger partial charge in [0, 0.05) is 23.2 Å². The Morgan fingerprint density at radius 1 is 1.00 bits per heavy atom. The molecule has 0 unspecified atom stereocenters. The summed E-state index contributed by atoms with van der Waals surface area (Å²) in [7, 11) is -0.826. The molecule has 0 aliphatic rings. The first-order chi connectivity index (χ1) is 14.3. The molecule has 0 spiro atoms. The third-order valence-corrected chi connectivity index (χ3v) is 7.06. The minimum Gasteiger partial charge on any atom is -0.497 e. The van der Waals surface area contributed by atoms with Gasteiger partial charge in [0.1, 0.15) is 5.75 Å². The monoisotopic (exact) mass is 442 g/mol. The number of carbonyl (C=O) groups is 1. The maximum atomic E-state index is 13.1. The van der Waals surface area contributed by atoms with Crippen molar-refractivity contribution in [1.29, 1.82) is 0 Å². The van der Waals surface area contributed by atoms with Gasteiger partial charge in [-0.1, -0.05) is 6.07 Å². The number of anilines is 2. The molecule has 1 amide bonds. The number of carbonyl (C=O) groups excluding carboxylic acids is 1. The predicted molar refractivity (Wildman–Crippen MR) is 121 cm³/mol. The van der Waals surface area contributed by atoms with Crippen LogP contribution >= 0.6 is 11.8 Å². The molecule has 3 aromatic rings. The number of ether oxygens (including phenoxy) is 1. The molecule has 0 saturated heterocycles. The summed E-state index contributed by atoms with van der Waals surface area (Å²) in [6.07, 6.45) is 1.97. The third-order valence-electron chi connectivity index (χ3n) is 4.54. The van der Waals surface area contributed by atoms with Crippen LogP contribution in [0.3, 0.4) is 0 Å². The fourth-order valence-electron chi connectivity index (χ4n) is 2.76. The van der Waals surface area contributed by atoms with E-state index in [2.05, 4.69) is 5.32 Å². The predicted octanol–water partition coefficient (Wildman–Crippen LogP) is 4.49. The van der Waals surface area contributed by atoms with Crippen molar-refractivity contribution >= 4 is 39.1 Å². The summed E-state index contributed by atoms with van der Waals surface area (Å²) in [5.41, 5.74) is 1.38. The second kappa shape index (κ2) is 9.23. The van der Waals surface area contributed by atoms with E-state index in [0.29, 0.717) is 17.1 Å². The topological polar surface area (TPSA) is 75.7 Å². The Labute approximate surface area is 180 Å². The lowest BCUT2D eigenvalue weighted by molar-refractivity contribution is 0.102. The van der Waals surface area contributed by atoms with Crippen LogP contribution in [0.15, 0.2) is 82.6 Å². The van der Waals surface area contributed by atoms with E-state index in [1.54, 1.807) is 55.3 Å². The first kappa shape index (κ1) is 21.7. The lowest BCUT2D eigenvalue weighted by Gasteiger charge is -2.20. The van der Waals surface area contributed by atoms with Crippen molar-refractivity contribution in [3.05, 3.63) is 78.4 Å². The number of sulfonamides is 1. The van der Waals surface area contributed by atoms with Gasteiger partial charge >= 0.3 is 0 Å². The van der Waals surface area contributed by atoms with Crippen LogP contribution < -0.4 is 14.4 Å². The molecule has 0 atom stereocenters. The molecule has 6 nitrogen and oxygen atoms in total. The second-order valence-corrected chi connectivity index (χ2v) is 9.23. The highest BCUT2D eigenvalue weighted by Crippen LogP contribution is 2.25. The number of nitrogens with one attached hydrogen (secondary N) is 1. The van der Waals surface area contributed by atoms with Crippen molar-refractivity contribution in [3.8, 4) is 5.75 Å². The molecule has 0 aliphatic heterocycles. The first-order valence-corrected chi connectivity index (χ1v) is 11.7. The number of hydrogen-bond acceptors (Lipinski definition) is 5. The van der Waals surface area contributed by atoms with Crippen LogP contribution in [0.25, 0.3) is 0 Å². The average molecular weight is 443 g/mol. The van der Waals surface area contributed by atoms with Crippen molar-refractivity contribution in [3.63, 3.8) is 0 Å². The number of benzene rings is 3. The maximum absolute atomic E-state index is 13.1. The zero-order chi connectivity index (χ0) is 21.7. The minimum atomic E-state index is -3.84. The fourth-order valence-corrected chi connectivity index (χ4v) is 4.41. The Kier molecular flexibility index (Phi) is 6.69. The average Bonchev–Trinajstić information content (AvgIpc) is 2.79. The van der Waals surface area contributed by atoms with E-state index in [0.717, 1.165) is 4.90 Å². The summed E-state index contributed by atoms with van der Waals surface area (Å²) in [6, 6.07) is 20.1. The van der Waals surface area contributed by atoms with E-state index < -0.39 is 10.0 Å². The van der Waals surface area contributed by atoms with E-state index in [1.807, 2.05) is 30.5 Å². The quantitative estimate of drug-likeness (QED) is 0.546. The molecule has 3 aromatic carbocycles. The van der Waals surface area contributed by atoms with Crippen molar-refractivity contribution < 1.29 is 17.9 Å². The highest BCUT2D eigenvalue weighted by Gasteiger charge is 2.22. The summed E-state index contributed by atoms with van der Waals surface area (Å²) < 4.78 is 32.4. The van der Waals surface area contributed by atoms with Crippen LogP contribution in [0.2, 0.25) is 0 Å². The minimum absolute atomic E-state index is 0.0335. The van der Waals surface area contributed by atoms with Gasteiger partial charge in [-0.2, -0.15) is 0 Å². The van der Waals surface area contributed by atoms with Crippen LogP contribution in [0.5, 0.6) is 5.75 Å². The number of amides is 1. The standard InChI is InChI=1S/C22H22N2O4S2/c1-24(18-9-11-19(28-2)12-10-18)30(26,27)21-6-4-5-16(15-21)22(25)23-17-7-13-20(29-3)14-8-17/h4-15H,1-3H3,(H,23,25). The van der Waals surface area contributed by atoms with E-state index in [1.165, 1.54) is 23.5 Å². The van der Waals surface area contributed by atoms with E-state index in [4.69, 9.17) is 4.74 Å². The maximum Gasteiger partial charge on any atom is 0.264 e. The van der Waals surface area contributed by atoms with E-state index >= 15 is 0 Å². The van der Waals surface area contributed by atoms with Crippen molar-refractivity contribution in [2.75, 3.05) is 30.0 Å². The molecule has 0 bridgehead atoms. The molecule has 0 saturated carbocycles. The van der Waals surface area contributed by atoms with Gasteiger partial charge in [-0.25, -0.2) is 8.42 Å². The van der Waals surface area contributed by atoms with E-state index in [9.17, 15) is 13.2 Å². The molecule has 30 heavy (non-hydrogen) atoms. The summed E-state index contributed by atoms with van der Waals surface area (Å²) in [4.78, 5) is 13.7. The Balaban J connectivity index is 1.82. The van der Waals surface area contributed by atoms with Gasteiger partial charge in [0.2, 0.25) is 0 Å². The molecular formula is C22H22N2O4S2. The van der Waals surface area contributed by atoms with Crippen LogP contribution in [0.1, 0.15) is 10.4 Å². The molecule has 0 aromatic heterocycles.